The first kappa shape index (κ1) is 21.5. The van der Waals surface area contributed by atoms with E-state index in [0.717, 1.165) is 28.6 Å². The van der Waals surface area contributed by atoms with Crippen molar-refractivity contribution < 1.29 is 14.3 Å². The maximum atomic E-state index is 11.4. The van der Waals surface area contributed by atoms with Crippen LogP contribution in [0.25, 0.3) is 22.2 Å². The number of thiazole rings is 1. The first-order chi connectivity index (χ1) is 15.6. The quantitative estimate of drug-likeness (QED) is 0.378. The van der Waals surface area contributed by atoms with Gasteiger partial charge in [0.25, 0.3) is 5.91 Å². The summed E-state index contributed by atoms with van der Waals surface area (Å²) in [5.74, 6) is 1.43. The molecular formula is C23H23N5O3S. The van der Waals surface area contributed by atoms with Crippen molar-refractivity contribution in [1.29, 1.82) is 0 Å². The molecule has 4 rings (SSSR count). The average molecular weight is 450 g/mol. The fourth-order valence-electron chi connectivity index (χ4n) is 3.17. The average Bonchev–Trinajstić information content (AvgIpc) is 3.29. The minimum atomic E-state index is -0.532. The third-order valence-electron chi connectivity index (χ3n) is 4.60. The molecule has 0 unspecified atom stereocenters. The highest BCUT2D eigenvalue weighted by Crippen LogP contribution is 2.35. The third-order valence-corrected chi connectivity index (χ3v) is 5.46. The Kier molecular flexibility index (Phi) is 6.46. The molecule has 8 nitrogen and oxygen atoms in total. The van der Waals surface area contributed by atoms with Crippen LogP contribution in [0, 0.1) is 0 Å². The number of rotatable bonds is 9. The molecule has 2 heterocycles. The summed E-state index contributed by atoms with van der Waals surface area (Å²) in [6.45, 7) is 5.11. The lowest BCUT2D eigenvalue weighted by Crippen LogP contribution is -2.10. The first-order valence-electron chi connectivity index (χ1n) is 10.3. The molecule has 3 N–H and O–H groups in total. The van der Waals surface area contributed by atoms with Crippen molar-refractivity contribution in [3.63, 3.8) is 0 Å². The van der Waals surface area contributed by atoms with Crippen LogP contribution in [0.5, 0.6) is 11.5 Å². The smallest absolute Gasteiger partial charge is 0.277 e. The fraction of sp³-hybridized carbons (Fsp3) is 0.217. The number of hydrogen-bond acceptors (Lipinski definition) is 8. The van der Waals surface area contributed by atoms with Crippen molar-refractivity contribution in [3.8, 4) is 22.8 Å². The van der Waals surface area contributed by atoms with Gasteiger partial charge in [0.2, 0.25) is 0 Å². The van der Waals surface area contributed by atoms with Gasteiger partial charge in [0.05, 0.1) is 24.4 Å². The third kappa shape index (κ3) is 4.62. The predicted octanol–water partition coefficient (Wildman–Crippen LogP) is 4.78. The molecule has 0 fully saturated rings. The fourth-order valence-corrected chi connectivity index (χ4v) is 3.85. The van der Waals surface area contributed by atoms with E-state index in [4.69, 9.17) is 15.2 Å². The molecular weight excluding hydrogens is 426 g/mol. The molecule has 4 aromatic rings. The van der Waals surface area contributed by atoms with Gasteiger partial charge in [-0.15, -0.1) is 11.3 Å². The number of amides is 1. The molecule has 32 heavy (non-hydrogen) atoms. The van der Waals surface area contributed by atoms with E-state index in [2.05, 4.69) is 27.2 Å². The van der Waals surface area contributed by atoms with Gasteiger partial charge in [0.1, 0.15) is 12.1 Å². The van der Waals surface area contributed by atoms with E-state index in [1.54, 1.807) is 0 Å². The number of nitrogens with one attached hydrogen (secondary N) is 1. The Hall–Kier alpha value is -3.72. The van der Waals surface area contributed by atoms with Gasteiger partial charge >= 0.3 is 0 Å². The Morgan fingerprint density at radius 3 is 2.72 bits per heavy atom. The van der Waals surface area contributed by atoms with Gasteiger partial charge in [-0.3, -0.25) is 4.79 Å². The molecule has 0 saturated heterocycles. The number of primary amides is 1. The summed E-state index contributed by atoms with van der Waals surface area (Å²) in [7, 11) is 0. The van der Waals surface area contributed by atoms with Crippen molar-refractivity contribution in [3.05, 3.63) is 53.1 Å². The summed E-state index contributed by atoms with van der Waals surface area (Å²) < 4.78 is 11.6. The second-order valence-electron chi connectivity index (χ2n) is 6.93. The van der Waals surface area contributed by atoms with Crippen molar-refractivity contribution in [2.24, 2.45) is 5.73 Å². The molecule has 0 atom stereocenters. The molecule has 1 amide bonds. The van der Waals surface area contributed by atoms with Crippen LogP contribution < -0.4 is 20.5 Å². The van der Waals surface area contributed by atoms with Gasteiger partial charge < -0.3 is 20.5 Å². The Balaban J connectivity index is 1.68. The standard InChI is InChI=1S/C23H23N5O3S/c1-3-8-31-20-11-17-16(10-19(20)30-4-2)22(26-13-25-17)27-15-7-5-6-14(9-15)18-12-32-23(28-18)21(24)29/h5-7,9-13H,3-4,8H2,1-2H3,(H2,24,29)(H,25,26,27). The monoisotopic (exact) mass is 449 g/mol. The largest absolute Gasteiger partial charge is 0.490 e. The van der Waals surface area contributed by atoms with Gasteiger partial charge in [0.15, 0.2) is 16.5 Å². The molecule has 9 heteroatoms. The normalized spacial score (nSPS) is 10.8. The second kappa shape index (κ2) is 9.61. The van der Waals surface area contributed by atoms with Crippen molar-refractivity contribution in [2.75, 3.05) is 18.5 Å². The lowest BCUT2D eigenvalue weighted by molar-refractivity contribution is 0.1000. The molecule has 0 aliphatic carbocycles. The van der Waals surface area contributed by atoms with E-state index < -0.39 is 5.91 Å². The zero-order valence-electron chi connectivity index (χ0n) is 17.8. The molecule has 0 radical (unpaired) electrons. The second-order valence-corrected chi connectivity index (χ2v) is 7.79. The molecule has 0 bridgehead atoms. The van der Waals surface area contributed by atoms with Crippen molar-refractivity contribution in [1.82, 2.24) is 15.0 Å². The van der Waals surface area contributed by atoms with Crippen LogP contribution in [0.4, 0.5) is 11.5 Å². The Labute approximate surface area is 189 Å². The first-order valence-corrected chi connectivity index (χ1v) is 11.1. The summed E-state index contributed by atoms with van der Waals surface area (Å²) >= 11 is 1.22. The summed E-state index contributed by atoms with van der Waals surface area (Å²) in [5.41, 5.74) is 8.45. The Bertz CT molecular complexity index is 1260. The highest BCUT2D eigenvalue weighted by Gasteiger charge is 2.13. The topological polar surface area (TPSA) is 112 Å². The van der Waals surface area contributed by atoms with Crippen LogP contribution in [0.2, 0.25) is 0 Å². The number of nitrogens with two attached hydrogens (primary N) is 1. The van der Waals surface area contributed by atoms with E-state index in [-0.39, 0.29) is 5.01 Å². The summed E-state index contributed by atoms with van der Waals surface area (Å²) in [6, 6.07) is 11.5. The zero-order chi connectivity index (χ0) is 22.5. The predicted molar refractivity (Wildman–Crippen MR) is 126 cm³/mol. The van der Waals surface area contributed by atoms with Crippen LogP contribution in [0.3, 0.4) is 0 Å². The molecule has 2 aromatic carbocycles. The minimum Gasteiger partial charge on any atom is -0.490 e. The van der Waals surface area contributed by atoms with E-state index in [1.807, 2.05) is 48.7 Å². The number of ether oxygens (including phenoxy) is 2. The molecule has 0 spiro atoms. The number of nitrogens with zero attached hydrogens (tertiary/aromatic N) is 3. The van der Waals surface area contributed by atoms with E-state index >= 15 is 0 Å². The maximum Gasteiger partial charge on any atom is 0.277 e. The number of fused-ring (bicyclic) bond motifs is 1. The van der Waals surface area contributed by atoms with Crippen LogP contribution >= 0.6 is 11.3 Å². The number of hydrogen-bond donors (Lipinski definition) is 2. The van der Waals surface area contributed by atoms with E-state index in [0.29, 0.717) is 36.2 Å². The Morgan fingerprint density at radius 1 is 1.12 bits per heavy atom. The van der Waals surface area contributed by atoms with Crippen molar-refractivity contribution in [2.45, 2.75) is 20.3 Å². The van der Waals surface area contributed by atoms with Gasteiger partial charge in [-0.2, -0.15) is 0 Å². The Morgan fingerprint density at radius 2 is 1.97 bits per heavy atom. The minimum absolute atomic E-state index is 0.282. The van der Waals surface area contributed by atoms with Crippen molar-refractivity contribution >= 4 is 39.7 Å². The number of aromatic nitrogens is 3. The van der Waals surface area contributed by atoms with E-state index in [9.17, 15) is 4.79 Å². The van der Waals surface area contributed by atoms with Crippen LogP contribution in [-0.2, 0) is 0 Å². The number of carbonyl (C=O) groups is 1. The summed E-state index contributed by atoms with van der Waals surface area (Å²) in [5, 5.41) is 6.26. The molecule has 0 aliphatic rings. The van der Waals surface area contributed by atoms with Gasteiger partial charge in [-0.25, -0.2) is 15.0 Å². The highest BCUT2D eigenvalue weighted by atomic mass is 32.1. The van der Waals surface area contributed by atoms with Crippen LogP contribution in [0.1, 0.15) is 30.1 Å². The highest BCUT2D eigenvalue weighted by molar-refractivity contribution is 7.12. The van der Waals surface area contributed by atoms with Gasteiger partial charge in [0, 0.05) is 28.1 Å². The summed E-state index contributed by atoms with van der Waals surface area (Å²) in [4.78, 5) is 24.5. The molecule has 2 aromatic heterocycles. The van der Waals surface area contributed by atoms with Gasteiger partial charge in [-0.1, -0.05) is 19.1 Å². The van der Waals surface area contributed by atoms with Gasteiger partial charge in [-0.05, 0) is 31.5 Å². The van der Waals surface area contributed by atoms with Crippen LogP contribution in [0.15, 0.2) is 48.1 Å². The SMILES string of the molecule is CCCOc1cc2ncnc(Nc3cccc(-c4csc(C(N)=O)n4)c3)c2cc1OCC. The van der Waals surface area contributed by atoms with Crippen LogP contribution in [-0.4, -0.2) is 34.1 Å². The lowest BCUT2D eigenvalue weighted by Gasteiger charge is -2.14. The number of anilines is 2. The molecule has 0 saturated carbocycles. The number of benzene rings is 2. The maximum absolute atomic E-state index is 11.4. The zero-order valence-corrected chi connectivity index (χ0v) is 18.6. The lowest BCUT2D eigenvalue weighted by atomic mass is 10.1. The molecule has 0 aliphatic heterocycles. The number of carbonyl (C=O) groups excluding carboxylic acids is 1. The molecule has 164 valence electrons. The summed E-state index contributed by atoms with van der Waals surface area (Å²) in [6.07, 6.45) is 2.41. The van der Waals surface area contributed by atoms with E-state index in [1.165, 1.54) is 17.7 Å².